The molecule has 0 saturated carbocycles. The lowest BCUT2D eigenvalue weighted by Crippen LogP contribution is -2.07. The zero-order valence-electron chi connectivity index (χ0n) is 9.37. The number of aryl methyl sites for hydroxylation is 2. The van der Waals surface area contributed by atoms with Crippen molar-refractivity contribution in [1.82, 2.24) is 0 Å². The van der Waals surface area contributed by atoms with E-state index < -0.39 is 5.97 Å². The van der Waals surface area contributed by atoms with Crippen molar-refractivity contribution in [3.63, 3.8) is 0 Å². The first kappa shape index (κ1) is 11.7. The fourth-order valence-electron chi connectivity index (χ4n) is 1.10. The van der Waals surface area contributed by atoms with Crippen molar-refractivity contribution in [2.45, 2.75) is 27.2 Å². The summed E-state index contributed by atoms with van der Waals surface area (Å²) in [6.45, 7) is 6.33. The van der Waals surface area contributed by atoms with Crippen LogP contribution in [0.1, 0.15) is 34.8 Å². The molecule has 0 spiro atoms. The monoisotopic (exact) mass is 208 g/mol. The first-order chi connectivity index (χ1) is 7.15. The van der Waals surface area contributed by atoms with E-state index in [9.17, 15) is 4.79 Å². The van der Waals surface area contributed by atoms with Gasteiger partial charge in [-0.3, -0.25) is 4.89 Å². The molecule has 1 aromatic rings. The van der Waals surface area contributed by atoms with Gasteiger partial charge >= 0.3 is 5.97 Å². The number of carbonyl (C=O) groups is 1. The zero-order chi connectivity index (χ0) is 11.3. The molecule has 1 aromatic carbocycles. The van der Waals surface area contributed by atoms with Gasteiger partial charge in [-0.2, -0.15) is 4.89 Å². The Morgan fingerprint density at radius 2 is 2.00 bits per heavy atom. The van der Waals surface area contributed by atoms with Crippen molar-refractivity contribution >= 4 is 5.97 Å². The van der Waals surface area contributed by atoms with Crippen LogP contribution < -0.4 is 0 Å². The number of benzene rings is 1. The number of rotatable bonds is 4. The van der Waals surface area contributed by atoms with Crippen molar-refractivity contribution in [2.75, 3.05) is 6.61 Å². The normalized spacial score (nSPS) is 10.1. The van der Waals surface area contributed by atoms with Crippen LogP contribution in [0.3, 0.4) is 0 Å². The van der Waals surface area contributed by atoms with Crippen LogP contribution in [0.4, 0.5) is 0 Å². The Labute approximate surface area is 89.9 Å². The highest BCUT2D eigenvalue weighted by Crippen LogP contribution is 2.10. The molecule has 0 radical (unpaired) electrons. The van der Waals surface area contributed by atoms with Gasteiger partial charge in [0.2, 0.25) is 0 Å². The molecule has 0 unspecified atom stereocenters. The minimum Gasteiger partial charge on any atom is -0.293 e. The first-order valence-electron chi connectivity index (χ1n) is 5.06. The Kier molecular flexibility index (Phi) is 4.31. The SMILES string of the molecule is CCCOOC(=O)c1ccc(C)c(C)c1. The van der Waals surface area contributed by atoms with Gasteiger partial charge in [-0.1, -0.05) is 13.0 Å². The highest BCUT2D eigenvalue weighted by molar-refractivity contribution is 5.89. The molecule has 0 bridgehead atoms. The Morgan fingerprint density at radius 3 is 2.60 bits per heavy atom. The molecule has 15 heavy (non-hydrogen) atoms. The van der Waals surface area contributed by atoms with Crippen molar-refractivity contribution in [2.24, 2.45) is 0 Å². The molecule has 82 valence electrons. The van der Waals surface area contributed by atoms with E-state index in [1.807, 2.05) is 26.8 Å². The highest BCUT2D eigenvalue weighted by Gasteiger charge is 2.08. The minimum atomic E-state index is -0.438. The van der Waals surface area contributed by atoms with Gasteiger partial charge in [0.15, 0.2) is 0 Å². The average Bonchev–Trinajstić information content (AvgIpc) is 2.22. The molecule has 0 aromatic heterocycles. The third-order valence-corrected chi connectivity index (χ3v) is 2.16. The summed E-state index contributed by atoms with van der Waals surface area (Å²) in [5, 5.41) is 0. The molecule has 3 nitrogen and oxygen atoms in total. The van der Waals surface area contributed by atoms with Gasteiger partial charge in [-0.05, 0) is 43.5 Å². The predicted octanol–water partition coefficient (Wildman–Crippen LogP) is 2.80. The van der Waals surface area contributed by atoms with Gasteiger partial charge in [0.05, 0.1) is 12.2 Å². The molecule has 3 heteroatoms. The van der Waals surface area contributed by atoms with E-state index in [1.165, 1.54) is 0 Å². The van der Waals surface area contributed by atoms with Gasteiger partial charge in [-0.15, -0.1) is 0 Å². The molecule has 0 fully saturated rings. The van der Waals surface area contributed by atoms with Crippen LogP contribution in [-0.4, -0.2) is 12.6 Å². The molecule has 0 aliphatic carbocycles. The third-order valence-electron chi connectivity index (χ3n) is 2.16. The maximum absolute atomic E-state index is 11.4. The van der Waals surface area contributed by atoms with Crippen LogP contribution in [0.2, 0.25) is 0 Å². The molecule has 0 N–H and O–H groups in total. The van der Waals surface area contributed by atoms with Crippen LogP contribution in [-0.2, 0) is 9.78 Å². The summed E-state index contributed by atoms with van der Waals surface area (Å²) in [6.07, 6.45) is 0.820. The number of carbonyl (C=O) groups excluding carboxylic acids is 1. The molecular weight excluding hydrogens is 192 g/mol. The fraction of sp³-hybridized carbons (Fsp3) is 0.417. The summed E-state index contributed by atoms with van der Waals surface area (Å²) in [6, 6.07) is 5.43. The predicted molar refractivity (Wildman–Crippen MR) is 57.6 cm³/mol. The van der Waals surface area contributed by atoms with E-state index in [0.717, 1.165) is 17.5 Å². The van der Waals surface area contributed by atoms with Gasteiger partial charge in [-0.25, -0.2) is 4.79 Å². The third kappa shape index (κ3) is 3.36. The molecule has 0 aliphatic rings. The Morgan fingerprint density at radius 1 is 1.27 bits per heavy atom. The second kappa shape index (κ2) is 5.51. The molecule has 0 aliphatic heterocycles. The van der Waals surface area contributed by atoms with Crippen LogP contribution in [0.25, 0.3) is 0 Å². The minimum absolute atomic E-state index is 0.427. The van der Waals surface area contributed by atoms with Gasteiger partial charge in [0.1, 0.15) is 0 Å². The summed E-state index contributed by atoms with van der Waals surface area (Å²) in [7, 11) is 0. The van der Waals surface area contributed by atoms with Crippen LogP contribution in [0.5, 0.6) is 0 Å². The fourth-order valence-corrected chi connectivity index (χ4v) is 1.10. The van der Waals surface area contributed by atoms with Crippen molar-refractivity contribution in [3.05, 3.63) is 34.9 Å². The topological polar surface area (TPSA) is 35.5 Å². The lowest BCUT2D eigenvalue weighted by Gasteiger charge is -2.04. The largest absolute Gasteiger partial charge is 0.373 e. The lowest BCUT2D eigenvalue weighted by molar-refractivity contribution is -0.240. The van der Waals surface area contributed by atoms with E-state index in [1.54, 1.807) is 12.1 Å². The lowest BCUT2D eigenvalue weighted by atomic mass is 10.1. The second-order valence-corrected chi connectivity index (χ2v) is 3.49. The van der Waals surface area contributed by atoms with E-state index in [2.05, 4.69) is 4.89 Å². The van der Waals surface area contributed by atoms with E-state index in [-0.39, 0.29) is 0 Å². The summed E-state index contributed by atoms with van der Waals surface area (Å²) < 4.78 is 0. The van der Waals surface area contributed by atoms with Gasteiger partial charge in [0, 0.05) is 0 Å². The Bertz CT molecular complexity index is 345. The number of hydrogen-bond donors (Lipinski definition) is 0. The summed E-state index contributed by atoms with van der Waals surface area (Å²) in [4.78, 5) is 20.8. The van der Waals surface area contributed by atoms with Gasteiger partial charge in [0.25, 0.3) is 0 Å². The van der Waals surface area contributed by atoms with Crippen LogP contribution in [0, 0.1) is 13.8 Å². The van der Waals surface area contributed by atoms with Crippen LogP contribution >= 0.6 is 0 Å². The number of hydrogen-bond acceptors (Lipinski definition) is 3. The second-order valence-electron chi connectivity index (χ2n) is 3.49. The maximum atomic E-state index is 11.4. The smallest absolute Gasteiger partial charge is 0.293 e. The van der Waals surface area contributed by atoms with E-state index >= 15 is 0 Å². The van der Waals surface area contributed by atoms with Crippen LogP contribution in [0.15, 0.2) is 18.2 Å². The van der Waals surface area contributed by atoms with Crippen molar-refractivity contribution in [1.29, 1.82) is 0 Å². The van der Waals surface area contributed by atoms with Gasteiger partial charge < -0.3 is 0 Å². The van der Waals surface area contributed by atoms with Crippen molar-refractivity contribution in [3.8, 4) is 0 Å². The average molecular weight is 208 g/mol. The Hall–Kier alpha value is -1.35. The molecular formula is C12H16O3. The first-order valence-corrected chi connectivity index (χ1v) is 5.06. The molecule has 0 heterocycles. The quantitative estimate of drug-likeness (QED) is 0.433. The molecule has 0 saturated heterocycles. The maximum Gasteiger partial charge on any atom is 0.373 e. The van der Waals surface area contributed by atoms with E-state index in [0.29, 0.717) is 12.2 Å². The summed E-state index contributed by atoms with van der Waals surface area (Å²) in [5.41, 5.74) is 2.75. The van der Waals surface area contributed by atoms with Crippen molar-refractivity contribution < 1.29 is 14.6 Å². The molecule has 0 atom stereocenters. The molecule has 0 amide bonds. The van der Waals surface area contributed by atoms with E-state index in [4.69, 9.17) is 4.89 Å². The zero-order valence-corrected chi connectivity index (χ0v) is 9.37. The molecule has 1 rings (SSSR count). The summed E-state index contributed by atoms with van der Waals surface area (Å²) in [5.74, 6) is -0.438. The summed E-state index contributed by atoms with van der Waals surface area (Å²) >= 11 is 0. The standard InChI is InChI=1S/C12H16O3/c1-4-7-14-15-12(13)11-6-5-9(2)10(3)8-11/h5-6,8H,4,7H2,1-3H3. The Balaban J connectivity index is 2.62. The highest BCUT2D eigenvalue weighted by atomic mass is 17.2.